The van der Waals surface area contributed by atoms with Crippen molar-refractivity contribution in [3.05, 3.63) is 48.0 Å². The summed E-state index contributed by atoms with van der Waals surface area (Å²) >= 11 is 0. The number of benzene rings is 1. The Balaban J connectivity index is 1.91. The molecule has 0 spiro atoms. The van der Waals surface area contributed by atoms with Crippen molar-refractivity contribution in [2.45, 2.75) is 38.3 Å². The molecule has 1 aliphatic heterocycles. The lowest BCUT2D eigenvalue weighted by molar-refractivity contribution is 0.334. The fraction of sp³-hybridized carbons (Fsp3) is 0.375. The third-order valence-electron chi connectivity index (χ3n) is 3.91. The summed E-state index contributed by atoms with van der Waals surface area (Å²) in [6, 6.07) is 10.7. The first-order chi connectivity index (χ1) is 9.78. The van der Waals surface area contributed by atoms with Crippen LogP contribution in [0.4, 0.5) is 0 Å². The van der Waals surface area contributed by atoms with E-state index < -0.39 is 0 Å². The van der Waals surface area contributed by atoms with E-state index in [1.807, 2.05) is 36.8 Å². The standard InChI is InChI=1S/C16H18N4/c1-12-3-2-4-15(19-12)16-10-18-11-20(16)14-7-5-13(9-17)6-8-14/h5-8,10-12,15,19H,2-4H2,1H3. The number of piperidine rings is 1. The number of rotatable bonds is 2. The molecule has 2 unspecified atom stereocenters. The average molecular weight is 266 g/mol. The fourth-order valence-corrected chi connectivity index (χ4v) is 2.85. The van der Waals surface area contributed by atoms with E-state index in [9.17, 15) is 0 Å². The van der Waals surface area contributed by atoms with Crippen LogP contribution in [0.1, 0.15) is 43.5 Å². The molecule has 4 nitrogen and oxygen atoms in total. The number of nitrogens with one attached hydrogen (secondary N) is 1. The van der Waals surface area contributed by atoms with E-state index in [2.05, 4.69) is 27.9 Å². The molecule has 2 atom stereocenters. The molecule has 3 rings (SSSR count). The van der Waals surface area contributed by atoms with Gasteiger partial charge in [0.15, 0.2) is 0 Å². The predicted molar refractivity (Wildman–Crippen MR) is 77.5 cm³/mol. The first kappa shape index (κ1) is 12.9. The number of aromatic nitrogens is 2. The van der Waals surface area contributed by atoms with Gasteiger partial charge in [0.2, 0.25) is 0 Å². The molecule has 1 saturated heterocycles. The van der Waals surface area contributed by atoms with Gasteiger partial charge in [0.1, 0.15) is 0 Å². The zero-order valence-electron chi connectivity index (χ0n) is 11.6. The first-order valence-corrected chi connectivity index (χ1v) is 7.07. The molecule has 0 bridgehead atoms. The second kappa shape index (κ2) is 5.48. The zero-order valence-corrected chi connectivity index (χ0v) is 11.6. The van der Waals surface area contributed by atoms with Crippen molar-refractivity contribution in [1.29, 1.82) is 5.26 Å². The maximum Gasteiger partial charge on any atom is 0.0994 e. The highest BCUT2D eigenvalue weighted by Crippen LogP contribution is 2.27. The van der Waals surface area contributed by atoms with Crippen molar-refractivity contribution in [2.24, 2.45) is 0 Å². The normalized spacial score (nSPS) is 22.4. The highest BCUT2D eigenvalue weighted by molar-refractivity contribution is 5.40. The van der Waals surface area contributed by atoms with Crippen molar-refractivity contribution in [3.8, 4) is 11.8 Å². The second-order valence-electron chi connectivity index (χ2n) is 5.40. The van der Waals surface area contributed by atoms with Crippen LogP contribution < -0.4 is 5.32 Å². The van der Waals surface area contributed by atoms with Crippen molar-refractivity contribution in [1.82, 2.24) is 14.9 Å². The molecule has 1 aromatic heterocycles. The van der Waals surface area contributed by atoms with Crippen molar-refractivity contribution >= 4 is 0 Å². The summed E-state index contributed by atoms with van der Waals surface area (Å²) in [5.41, 5.74) is 2.93. The Morgan fingerprint density at radius 3 is 2.80 bits per heavy atom. The summed E-state index contributed by atoms with van der Waals surface area (Å²) in [5, 5.41) is 12.5. The van der Waals surface area contributed by atoms with Crippen LogP contribution >= 0.6 is 0 Å². The predicted octanol–water partition coefficient (Wildman–Crippen LogP) is 2.95. The quantitative estimate of drug-likeness (QED) is 0.909. The van der Waals surface area contributed by atoms with Crippen LogP contribution in [0.5, 0.6) is 0 Å². The molecule has 1 aliphatic rings. The smallest absolute Gasteiger partial charge is 0.0994 e. The maximum absolute atomic E-state index is 8.87. The van der Waals surface area contributed by atoms with Crippen molar-refractivity contribution < 1.29 is 0 Å². The number of nitriles is 1. The molecule has 102 valence electrons. The minimum absolute atomic E-state index is 0.358. The molecular formula is C16H18N4. The van der Waals surface area contributed by atoms with Crippen molar-refractivity contribution in [3.63, 3.8) is 0 Å². The van der Waals surface area contributed by atoms with Gasteiger partial charge in [-0.2, -0.15) is 5.26 Å². The lowest BCUT2D eigenvalue weighted by Gasteiger charge is -2.29. The third kappa shape index (κ3) is 2.45. The average Bonchev–Trinajstić information content (AvgIpc) is 2.97. The molecular weight excluding hydrogens is 248 g/mol. The summed E-state index contributed by atoms with van der Waals surface area (Å²) in [7, 11) is 0. The number of hydrogen-bond acceptors (Lipinski definition) is 3. The van der Waals surface area contributed by atoms with Crippen LogP contribution in [0.25, 0.3) is 5.69 Å². The highest BCUT2D eigenvalue weighted by Gasteiger charge is 2.22. The van der Waals surface area contributed by atoms with Gasteiger partial charge in [-0.05, 0) is 50.5 Å². The molecule has 1 fully saturated rings. The maximum atomic E-state index is 8.87. The van der Waals surface area contributed by atoms with Crippen LogP contribution in [-0.2, 0) is 0 Å². The molecule has 2 heterocycles. The van der Waals surface area contributed by atoms with E-state index in [4.69, 9.17) is 5.26 Å². The Hall–Kier alpha value is -2.12. The SMILES string of the molecule is CC1CCCC(c2cncn2-c2ccc(C#N)cc2)N1. The van der Waals surface area contributed by atoms with Gasteiger partial charge in [-0.25, -0.2) is 4.98 Å². The van der Waals surface area contributed by atoms with Crippen LogP contribution in [-0.4, -0.2) is 15.6 Å². The monoisotopic (exact) mass is 266 g/mol. The van der Waals surface area contributed by atoms with Gasteiger partial charge in [0.05, 0.1) is 29.9 Å². The van der Waals surface area contributed by atoms with Gasteiger partial charge in [-0.3, -0.25) is 0 Å². The molecule has 2 aromatic rings. The second-order valence-corrected chi connectivity index (χ2v) is 5.40. The van der Waals surface area contributed by atoms with Gasteiger partial charge >= 0.3 is 0 Å². The van der Waals surface area contributed by atoms with Gasteiger partial charge in [-0.15, -0.1) is 0 Å². The van der Waals surface area contributed by atoms with Gasteiger partial charge in [-0.1, -0.05) is 0 Å². The van der Waals surface area contributed by atoms with Crippen LogP contribution in [0.2, 0.25) is 0 Å². The van der Waals surface area contributed by atoms with E-state index in [-0.39, 0.29) is 0 Å². The van der Waals surface area contributed by atoms with E-state index in [0.717, 1.165) is 12.1 Å². The van der Waals surface area contributed by atoms with E-state index in [1.165, 1.54) is 18.5 Å². The van der Waals surface area contributed by atoms with Crippen LogP contribution in [0.3, 0.4) is 0 Å². The summed E-state index contributed by atoms with van der Waals surface area (Å²) in [6.45, 7) is 2.23. The summed E-state index contributed by atoms with van der Waals surface area (Å²) in [6.07, 6.45) is 7.41. The molecule has 0 radical (unpaired) electrons. The lowest BCUT2D eigenvalue weighted by atomic mass is 9.97. The minimum Gasteiger partial charge on any atom is -0.306 e. The highest BCUT2D eigenvalue weighted by atomic mass is 15.1. The molecule has 0 aliphatic carbocycles. The molecule has 20 heavy (non-hydrogen) atoms. The minimum atomic E-state index is 0.358. The number of nitrogens with zero attached hydrogens (tertiary/aromatic N) is 3. The zero-order chi connectivity index (χ0) is 13.9. The first-order valence-electron chi connectivity index (χ1n) is 7.07. The van der Waals surface area contributed by atoms with Gasteiger partial charge in [0.25, 0.3) is 0 Å². The Kier molecular flexibility index (Phi) is 3.53. The Bertz CT molecular complexity index is 621. The van der Waals surface area contributed by atoms with Crippen LogP contribution in [0, 0.1) is 11.3 Å². The molecule has 1 aromatic carbocycles. The molecule has 0 amide bonds. The van der Waals surface area contributed by atoms with Gasteiger partial charge in [0, 0.05) is 17.8 Å². The summed E-state index contributed by atoms with van der Waals surface area (Å²) < 4.78 is 2.11. The molecule has 4 heteroatoms. The number of hydrogen-bond donors (Lipinski definition) is 1. The number of imidazole rings is 1. The summed E-state index contributed by atoms with van der Waals surface area (Å²) in [4.78, 5) is 4.30. The van der Waals surface area contributed by atoms with E-state index in [0.29, 0.717) is 17.6 Å². The Morgan fingerprint density at radius 2 is 2.10 bits per heavy atom. The molecule has 1 N–H and O–H groups in total. The van der Waals surface area contributed by atoms with Crippen molar-refractivity contribution in [2.75, 3.05) is 0 Å². The summed E-state index contributed by atoms with van der Waals surface area (Å²) in [5.74, 6) is 0. The fourth-order valence-electron chi connectivity index (χ4n) is 2.85. The largest absolute Gasteiger partial charge is 0.306 e. The lowest BCUT2D eigenvalue weighted by Crippen LogP contribution is -2.35. The van der Waals surface area contributed by atoms with E-state index in [1.54, 1.807) is 0 Å². The van der Waals surface area contributed by atoms with Crippen LogP contribution in [0.15, 0.2) is 36.8 Å². The topological polar surface area (TPSA) is 53.6 Å². The Labute approximate surface area is 119 Å². The van der Waals surface area contributed by atoms with E-state index >= 15 is 0 Å². The van der Waals surface area contributed by atoms with Gasteiger partial charge < -0.3 is 9.88 Å². The Morgan fingerprint density at radius 1 is 1.30 bits per heavy atom. The molecule has 0 saturated carbocycles. The third-order valence-corrected chi connectivity index (χ3v) is 3.91.